The third-order valence-electron chi connectivity index (χ3n) is 3.78. The first-order valence-electron chi connectivity index (χ1n) is 7.39. The number of nitrogens with zero attached hydrogens (tertiary/aromatic N) is 3. The molecule has 1 aromatic heterocycles. The molecule has 7 heteroatoms. The number of benzene rings is 1. The summed E-state index contributed by atoms with van der Waals surface area (Å²) in [7, 11) is 0. The summed E-state index contributed by atoms with van der Waals surface area (Å²) >= 11 is 8.01. The first-order chi connectivity index (χ1) is 11.2. The standard InChI is InChI=1S/C16H18ClN3O2S/c1-23-16-18-11-13(19-7-9-22-10-8-19)15(21)20(16)14(17)12-5-3-2-4-6-12/h2-6,11,14H,7-10H2,1H3. The Bertz CT molecular complexity index is 717. The predicted molar refractivity (Wildman–Crippen MR) is 93.7 cm³/mol. The fourth-order valence-corrected chi connectivity index (χ4v) is 3.50. The summed E-state index contributed by atoms with van der Waals surface area (Å²) < 4.78 is 6.91. The monoisotopic (exact) mass is 351 g/mol. The van der Waals surface area contributed by atoms with Gasteiger partial charge in [0.25, 0.3) is 5.56 Å². The summed E-state index contributed by atoms with van der Waals surface area (Å²) in [5, 5.41) is 0.607. The highest BCUT2D eigenvalue weighted by molar-refractivity contribution is 7.98. The van der Waals surface area contributed by atoms with E-state index in [4.69, 9.17) is 16.3 Å². The molecule has 0 spiro atoms. The summed E-state index contributed by atoms with van der Waals surface area (Å²) in [6.07, 6.45) is 3.53. The number of alkyl halides is 1. The Morgan fingerprint density at radius 1 is 1.26 bits per heavy atom. The van der Waals surface area contributed by atoms with Crippen LogP contribution < -0.4 is 10.5 Å². The van der Waals surface area contributed by atoms with Crippen molar-refractivity contribution in [3.05, 3.63) is 52.4 Å². The average Bonchev–Trinajstić information content (AvgIpc) is 2.62. The number of morpholine rings is 1. The number of thioether (sulfide) groups is 1. The quantitative estimate of drug-likeness (QED) is 0.481. The largest absolute Gasteiger partial charge is 0.378 e. The molecule has 2 aromatic rings. The molecule has 0 bridgehead atoms. The number of halogens is 1. The van der Waals surface area contributed by atoms with Gasteiger partial charge < -0.3 is 9.64 Å². The molecule has 23 heavy (non-hydrogen) atoms. The van der Waals surface area contributed by atoms with Gasteiger partial charge in [-0.25, -0.2) is 4.98 Å². The minimum atomic E-state index is -0.584. The molecule has 0 amide bonds. The zero-order valence-electron chi connectivity index (χ0n) is 12.8. The average molecular weight is 352 g/mol. The zero-order valence-corrected chi connectivity index (χ0v) is 14.4. The van der Waals surface area contributed by atoms with Crippen LogP contribution in [0.3, 0.4) is 0 Å². The Morgan fingerprint density at radius 2 is 1.96 bits per heavy atom. The van der Waals surface area contributed by atoms with Crippen LogP contribution >= 0.6 is 23.4 Å². The number of aromatic nitrogens is 2. The Morgan fingerprint density at radius 3 is 2.61 bits per heavy atom. The van der Waals surface area contributed by atoms with E-state index < -0.39 is 5.50 Å². The molecular formula is C16H18ClN3O2S. The molecule has 1 aliphatic rings. The Hall–Kier alpha value is -1.50. The van der Waals surface area contributed by atoms with E-state index in [-0.39, 0.29) is 5.56 Å². The highest BCUT2D eigenvalue weighted by atomic mass is 35.5. The second-order valence-electron chi connectivity index (χ2n) is 5.15. The number of hydrogen-bond acceptors (Lipinski definition) is 5. The van der Waals surface area contributed by atoms with Gasteiger partial charge in [0.05, 0.1) is 19.4 Å². The molecule has 0 radical (unpaired) electrons. The lowest BCUT2D eigenvalue weighted by Gasteiger charge is -2.29. The van der Waals surface area contributed by atoms with Crippen LogP contribution in [-0.4, -0.2) is 42.1 Å². The Labute approximate surface area is 144 Å². The van der Waals surface area contributed by atoms with Crippen LogP contribution in [0.4, 0.5) is 5.69 Å². The van der Waals surface area contributed by atoms with Crippen LogP contribution in [0.15, 0.2) is 46.5 Å². The second-order valence-corrected chi connectivity index (χ2v) is 6.34. The maximum atomic E-state index is 13.0. The van der Waals surface area contributed by atoms with Crippen molar-refractivity contribution in [1.82, 2.24) is 9.55 Å². The van der Waals surface area contributed by atoms with E-state index in [0.717, 1.165) is 5.56 Å². The van der Waals surface area contributed by atoms with Gasteiger partial charge in [-0.05, 0) is 11.8 Å². The van der Waals surface area contributed by atoms with Gasteiger partial charge in [-0.15, -0.1) is 0 Å². The maximum Gasteiger partial charge on any atom is 0.279 e. The van der Waals surface area contributed by atoms with Crippen molar-refractivity contribution < 1.29 is 4.74 Å². The highest BCUT2D eigenvalue weighted by Gasteiger charge is 2.22. The van der Waals surface area contributed by atoms with Crippen molar-refractivity contribution in [2.75, 3.05) is 37.5 Å². The minimum Gasteiger partial charge on any atom is -0.378 e. The number of rotatable bonds is 4. The number of anilines is 1. The predicted octanol–water partition coefficient (Wildman–Crippen LogP) is 2.59. The van der Waals surface area contributed by atoms with Gasteiger partial charge >= 0.3 is 0 Å². The smallest absolute Gasteiger partial charge is 0.279 e. The fraction of sp³-hybridized carbons (Fsp3) is 0.375. The van der Waals surface area contributed by atoms with Crippen molar-refractivity contribution in [2.24, 2.45) is 0 Å². The molecular weight excluding hydrogens is 334 g/mol. The van der Waals surface area contributed by atoms with Crippen molar-refractivity contribution in [2.45, 2.75) is 10.7 Å². The topological polar surface area (TPSA) is 47.4 Å². The van der Waals surface area contributed by atoms with Crippen LogP contribution in [0.2, 0.25) is 0 Å². The molecule has 1 saturated heterocycles. The molecule has 3 rings (SSSR count). The molecule has 0 saturated carbocycles. The van der Waals surface area contributed by atoms with Gasteiger partial charge in [0.1, 0.15) is 11.2 Å². The van der Waals surface area contributed by atoms with Crippen LogP contribution in [0.5, 0.6) is 0 Å². The van der Waals surface area contributed by atoms with Crippen LogP contribution in [0.25, 0.3) is 0 Å². The SMILES string of the molecule is CSc1ncc(N2CCOCC2)c(=O)n1C(Cl)c1ccccc1. The van der Waals surface area contributed by atoms with Crippen LogP contribution in [0, 0.1) is 0 Å². The number of hydrogen-bond donors (Lipinski definition) is 0. The molecule has 1 unspecified atom stereocenters. The second kappa shape index (κ2) is 7.38. The molecule has 1 fully saturated rings. The molecule has 1 atom stereocenters. The van der Waals surface area contributed by atoms with E-state index in [0.29, 0.717) is 37.1 Å². The van der Waals surface area contributed by atoms with Crippen LogP contribution in [0.1, 0.15) is 11.1 Å². The molecule has 0 N–H and O–H groups in total. The highest BCUT2D eigenvalue weighted by Crippen LogP contribution is 2.26. The van der Waals surface area contributed by atoms with Gasteiger partial charge in [0.15, 0.2) is 5.16 Å². The van der Waals surface area contributed by atoms with Crippen LogP contribution in [-0.2, 0) is 4.74 Å². The molecule has 0 aliphatic carbocycles. The van der Waals surface area contributed by atoms with E-state index >= 15 is 0 Å². The summed E-state index contributed by atoms with van der Waals surface area (Å²) in [4.78, 5) is 19.5. The summed E-state index contributed by atoms with van der Waals surface area (Å²) in [5.41, 5.74) is 0.745. The van der Waals surface area contributed by atoms with Gasteiger partial charge in [0.2, 0.25) is 0 Å². The van der Waals surface area contributed by atoms with E-state index in [9.17, 15) is 4.79 Å². The van der Waals surface area contributed by atoms with Crippen molar-refractivity contribution in [1.29, 1.82) is 0 Å². The van der Waals surface area contributed by atoms with Crippen molar-refractivity contribution >= 4 is 29.1 Å². The normalized spacial score (nSPS) is 16.3. The van der Waals surface area contributed by atoms with E-state index in [1.807, 2.05) is 41.5 Å². The lowest BCUT2D eigenvalue weighted by molar-refractivity contribution is 0.122. The molecule has 122 valence electrons. The summed E-state index contributed by atoms with van der Waals surface area (Å²) in [5.74, 6) is 0. The van der Waals surface area contributed by atoms with E-state index in [1.165, 1.54) is 11.8 Å². The molecule has 2 heterocycles. The molecule has 1 aromatic carbocycles. The lowest BCUT2D eigenvalue weighted by atomic mass is 10.2. The van der Waals surface area contributed by atoms with Gasteiger partial charge in [-0.3, -0.25) is 9.36 Å². The summed E-state index contributed by atoms with van der Waals surface area (Å²) in [6.45, 7) is 2.61. The molecule has 5 nitrogen and oxygen atoms in total. The first kappa shape index (κ1) is 16.4. The zero-order chi connectivity index (χ0) is 16.2. The number of ether oxygens (including phenoxy) is 1. The Balaban J connectivity index is 2.05. The lowest BCUT2D eigenvalue weighted by Crippen LogP contribution is -2.41. The van der Waals surface area contributed by atoms with Crippen molar-refractivity contribution in [3.63, 3.8) is 0 Å². The van der Waals surface area contributed by atoms with Crippen molar-refractivity contribution in [3.8, 4) is 0 Å². The van der Waals surface area contributed by atoms with Gasteiger partial charge in [-0.2, -0.15) is 0 Å². The first-order valence-corrected chi connectivity index (χ1v) is 9.05. The Kier molecular flexibility index (Phi) is 5.25. The maximum absolute atomic E-state index is 13.0. The van der Waals surface area contributed by atoms with Gasteiger partial charge in [-0.1, -0.05) is 53.7 Å². The van der Waals surface area contributed by atoms with Gasteiger partial charge in [0, 0.05) is 13.1 Å². The van der Waals surface area contributed by atoms with E-state index in [1.54, 1.807) is 10.8 Å². The fourth-order valence-electron chi connectivity index (χ4n) is 2.58. The minimum absolute atomic E-state index is 0.116. The molecule has 1 aliphatic heterocycles. The third kappa shape index (κ3) is 3.39. The third-order valence-corrected chi connectivity index (χ3v) is 4.89. The van der Waals surface area contributed by atoms with E-state index in [2.05, 4.69) is 4.98 Å². The summed E-state index contributed by atoms with van der Waals surface area (Å²) in [6, 6.07) is 9.57.